The van der Waals surface area contributed by atoms with Crippen LogP contribution in [0.3, 0.4) is 0 Å². The molecule has 0 spiro atoms. The molecule has 316 valence electrons. The Balaban J connectivity index is 4.50. The first-order chi connectivity index (χ1) is 26.6. The molecule has 5 N–H and O–H groups in total. The fourth-order valence-corrected chi connectivity index (χ4v) is 5.86. The number of phosphoric acid groups is 1. The van der Waals surface area contributed by atoms with Gasteiger partial charge in [-0.2, -0.15) is 0 Å². The number of carbonyl (C=O) groups excluding carboxylic acids is 2. The van der Waals surface area contributed by atoms with Gasteiger partial charge in [-0.25, -0.2) is 4.57 Å². The number of aliphatic hydroxyl groups excluding tert-OH is 2. The minimum atomic E-state index is -4.45. The average Bonchev–Trinajstić information content (AvgIpc) is 3.16. The van der Waals surface area contributed by atoms with Crippen LogP contribution in [0.4, 0.5) is 0 Å². The summed E-state index contributed by atoms with van der Waals surface area (Å²) in [6.45, 7) is 3.31. The summed E-state index contributed by atoms with van der Waals surface area (Å²) in [5.74, 6) is -1.09. The molecule has 0 aliphatic heterocycles. The van der Waals surface area contributed by atoms with Crippen LogP contribution in [-0.2, 0) is 32.7 Å². The Morgan fingerprint density at radius 3 is 1.85 bits per heavy atom. The van der Waals surface area contributed by atoms with Crippen molar-refractivity contribution in [2.45, 2.75) is 161 Å². The smallest absolute Gasteiger partial charge is 0.462 e. The van der Waals surface area contributed by atoms with Crippen molar-refractivity contribution in [1.29, 1.82) is 0 Å². The summed E-state index contributed by atoms with van der Waals surface area (Å²) >= 11 is 0. The van der Waals surface area contributed by atoms with Crippen molar-refractivity contribution in [3.05, 3.63) is 72.9 Å². The van der Waals surface area contributed by atoms with Gasteiger partial charge in [-0.3, -0.25) is 18.6 Å². The Bertz CT molecular complexity index is 1170. The third-order valence-corrected chi connectivity index (χ3v) is 9.24. The number of ether oxygens (including phenoxy) is 2. The predicted molar refractivity (Wildman–Crippen MR) is 222 cm³/mol. The van der Waals surface area contributed by atoms with Gasteiger partial charge in [-0.05, 0) is 70.6 Å². The van der Waals surface area contributed by atoms with Crippen LogP contribution >= 0.6 is 7.82 Å². The zero-order valence-corrected chi connectivity index (χ0v) is 34.7. The highest BCUT2D eigenvalue weighted by Gasteiger charge is 2.26. The maximum Gasteiger partial charge on any atom is 0.472 e. The maximum atomic E-state index is 12.6. The molecule has 1 unspecified atom stereocenters. The fourth-order valence-electron chi connectivity index (χ4n) is 5.09. The molecule has 11 nitrogen and oxygen atoms in total. The van der Waals surface area contributed by atoms with E-state index in [4.69, 9.17) is 24.3 Å². The van der Waals surface area contributed by atoms with Gasteiger partial charge >= 0.3 is 19.8 Å². The van der Waals surface area contributed by atoms with Crippen LogP contribution in [0, 0.1) is 0 Å². The van der Waals surface area contributed by atoms with Gasteiger partial charge in [-0.15, -0.1) is 0 Å². The molecular weight excluding hydrogens is 721 g/mol. The van der Waals surface area contributed by atoms with Gasteiger partial charge in [0.05, 0.1) is 25.4 Å². The Kier molecular flexibility index (Phi) is 36.4. The Labute approximate surface area is 332 Å². The van der Waals surface area contributed by atoms with E-state index >= 15 is 0 Å². The van der Waals surface area contributed by atoms with E-state index in [0.717, 1.165) is 51.4 Å². The fraction of sp³-hybridized carbons (Fsp3) is 0.674. The second kappa shape index (κ2) is 38.3. The number of phosphoric ester groups is 1. The molecule has 0 aliphatic rings. The van der Waals surface area contributed by atoms with Crippen molar-refractivity contribution < 1.29 is 47.8 Å². The SMILES string of the molecule is CCCCC/C=C\C/C=C\CCCCCCCC(=O)OC[C@H](COP(=O)(O)OCCN)OC(=O)CCC[C@@H](O)\C=C/C=C/C=C/[C@@H](O)C/C=C\CCCCC. The highest BCUT2D eigenvalue weighted by atomic mass is 31.2. The van der Waals surface area contributed by atoms with Crippen LogP contribution in [0.25, 0.3) is 0 Å². The van der Waals surface area contributed by atoms with Crippen molar-refractivity contribution in [3.63, 3.8) is 0 Å². The van der Waals surface area contributed by atoms with Gasteiger partial charge in [0, 0.05) is 19.4 Å². The third-order valence-electron chi connectivity index (χ3n) is 8.25. The van der Waals surface area contributed by atoms with Gasteiger partial charge in [0.15, 0.2) is 6.10 Å². The van der Waals surface area contributed by atoms with Gasteiger partial charge in [-0.1, -0.05) is 132 Å². The topological polar surface area (TPSA) is 175 Å². The zero-order valence-electron chi connectivity index (χ0n) is 33.9. The molecule has 0 aliphatic carbocycles. The molecular formula is C43H74NO10P. The highest BCUT2D eigenvalue weighted by Crippen LogP contribution is 2.43. The monoisotopic (exact) mass is 796 g/mol. The zero-order chi connectivity index (χ0) is 40.7. The summed E-state index contributed by atoms with van der Waals surface area (Å²) in [5, 5.41) is 20.3. The highest BCUT2D eigenvalue weighted by molar-refractivity contribution is 7.47. The Morgan fingerprint density at radius 2 is 1.22 bits per heavy atom. The minimum absolute atomic E-state index is 0.00792. The molecule has 12 heteroatoms. The first-order valence-corrected chi connectivity index (χ1v) is 22.1. The number of hydrogen-bond acceptors (Lipinski definition) is 10. The summed E-state index contributed by atoms with van der Waals surface area (Å²) in [5.41, 5.74) is 5.32. The molecule has 0 fully saturated rings. The molecule has 0 aromatic heterocycles. The number of aliphatic hydroxyl groups is 2. The van der Waals surface area contributed by atoms with Gasteiger partial charge in [0.2, 0.25) is 0 Å². The van der Waals surface area contributed by atoms with Crippen molar-refractivity contribution >= 4 is 19.8 Å². The molecule has 0 aromatic carbocycles. The van der Waals surface area contributed by atoms with E-state index in [0.29, 0.717) is 25.7 Å². The van der Waals surface area contributed by atoms with Crippen molar-refractivity contribution in [1.82, 2.24) is 0 Å². The first-order valence-electron chi connectivity index (χ1n) is 20.6. The summed E-state index contributed by atoms with van der Waals surface area (Å²) in [6.07, 6.45) is 38.4. The van der Waals surface area contributed by atoms with Crippen molar-refractivity contribution in [3.8, 4) is 0 Å². The molecule has 0 radical (unpaired) electrons. The van der Waals surface area contributed by atoms with Crippen molar-refractivity contribution in [2.75, 3.05) is 26.4 Å². The van der Waals surface area contributed by atoms with E-state index in [-0.39, 0.29) is 32.6 Å². The first kappa shape index (κ1) is 52.4. The van der Waals surface area contributed by atoms with Crippen LogP contribution in [0.2, 0.25) is 0 Å². The largest absolute Gasteiger partial charge is 0.472 e. The lowest BCUT2D eigenvalue weighted by atomic mass is 10.1. The standard InChI is InChI=1S/C43H74NO10P/c1-3-5-7-9-11-12-13-14-15-16-17-18-19-21-27-33-42(47)51-37-41(38-53-55(49,50)52-36-35-44)54-43(48)34-28-32-40(46)31-26-23-22-25-30-39(45)29-24-20-10-8-6-4-2/h11-12,14-15,20,22-26,30-31,39-41,45-46H,3-10,13,16-19,21,27-29,32-38,44H2,1-2H3,(H,49,50)/b12-11-,15-14-,23-22+,24-20-,30-25+,31-26-/t39-,40-,41+/m0/s1. The molecule has 0 aromatic rings. The van der Waals surface area contributed by atoms with Crippen LogP contribution in [-0.4, -0.2) is 71.7 Å². The molecule has 0 heterocycles. The summed E-state index contributed by atoms with van der Waals surface area (Å²) < 4.78 is 32.5. The maximum absolute atomic E-state index is 12.6. The number of carbonyl (C=O) groups is 2. The number of unbranched alkanes of at least 4 members (excludes halogenated alkanes) is 11. The van der Waals surface area contributed by atoms with Crippen LogP contribution < -0.4 is 5.73 Å². The van der Waals surface area contributed by atoms with Gasteiger partial charge in [0.1, 0.15) is 6.61 Å². The van der Waals surface area contributed by atoms with E-state index in [9.17, 15) is 29.3 Å². The van der Waals surface area contributed by atoms with Gasteiger partial charge < -0.3 is 30.3 Å². The number of hydrogen-bond donors (Lipinski definition) is 4. The van der Waals surface area contributed by atoms with Crippen LogP contribution in [0.5, 0.6) is 0 Å². The van der Waals surface area contributed by atoms with Crippen LogP contribution in [0.1, 0.15) is 142 Å². The molecule has 0 rings (SSSR count). The lowest BCUT2D eigenvalue weighted by Gasteiger charge is -2.20. The van der Waals surface area contributed by atoms with Crippen LogP contribution in [0.15, 0.2) is 72.9 Å². The molecule has 4 atom stereocenters. The third kappa shape index (κ3) is 38.0. The normalized spacial score (nSPS) is 15.2. The van der Waals surface area contributed by atoms with E-state index < -0.39 is 44.7 Å². The predicted octanol–water partition coefficient (Wildman–Crippen LogP) is 9.43. The second-order valence-electron chi connectivity index (χ2n) is 13.5. The number of allylic oxidation sites excluding steroid dienone is 9. The minimum Gasteiger partial charge on any atom is -0.462 e. The summed E-state index contributed by atoms with van der Waals surface area (Å²) in [7, 11) is -4.45. The van der Waals surface area contributed by atoms with E-state index in [2.05, 4.69) is 44.2 Å². The van der Waals surface area contributed by atoms with E-state index in [1.807, 2.05) is 6.08 Å². The number of nitrogens with two attached hydrogens (primary N) is 1. The average molecular weight is 796 g/mol. The lowest BCUT2D eigenvalue weighted by Crippen LogP contribution is -2.29. The van der Waals surface area contributed by atoms with Gasteiger partial charge in [0.25, 0.3) is 0 Å². The van der Waals surface area contributed by atoms with E-state index in [1.165, 1.54) is 38.5 Å². The Morgan fingerprint density at radius 1 is 0.655 bits per heavy atom. The lowest BCUT2D eigenvalue weighted by molar-refractivity contribution is -0.161. The molecule has 0 amide bonds. The second-order valence-corrected chi connectivity index (χ2v) is 15.0. The number of esters is 2. The molecule has 0 bridgehead atoms. The molecule has 0 saturated carbocycles. The Hall–Kier alpha value is -2.63. The van der Waals surface area contributed by atoms with Crippen molar-refractivity contribution in [2.24, 2.45) is 5.73 Å². The molecule has 55 heavy (non-hydrogen) atoms. The number of rotatable bonds is 37. The van der Waals surface area contributed by atoms with E-state index in [1.54, 1.807) is 36.5 Å². The quantitative estimate of drug-likeness (QED) is 0.0155. The summed E-state index contributed by atoms with van der Waals surface area (Å²) in [6, 6.07) is 0. The summed E-state index contributed by atoms with van der Waals surface area (Å²) in [4.78, 5) is 34.8. The molecule has 0 saturated heterocycles.